The van der Waals surface area contributed by atoms with Crippen LogP contribution >= 0.6 is 11.6 Å². The monoisotopic (exact) mass is 333 g/mol. The molecule has 0 saturated heterocycles. The summed E-state index contributed by atoms with van der Waals surface area (Å²) in [6, 6.07) is 6.58. The van der Waals surface area contributed by atoms with E-state index in [1.165, 1.54) is 12.1 Å². The highest BCUT2D eigenvalue weighted by Crippen LogP contribution is 2.25. The zero-order valence-corrected chi connectivity index (χ0v) is 12.0. The van der Waals surface area contributed by atoms with Gasteiger partial charge in [0.05, 0.1) is 22.2 Å². The van der Waals surface area contributed by atoms with Crippen molar-refractivity contribution in [1.29, 1.82) is 0 Å². The molecule has 0 unspecified atom stereocenters. The summed E-state index contributed by atoms with van der Waals surface area (Å²) in [6.07, 6.45) is 0. The number of sulfonamides is 1. The average Bonchev–Trinajstić information content (AvgIpc) is 2.43. The van der Waals surface area contributed by atoms with E-state index in [1.54, 1.807) is 0 Å². The Morgan fingerprint density at radius 3 is 2.48 bits per heavy atom. The maximum absolute atomic E-state index is 13.7. The lowest BCUT2D eigenvalue weighted by atomic mass is 10.2. The van der Waals surface area contributed by atoms with Gasteiger partial charge in [0.25, 0.3) is 10.0 Å². The van der Waals surface area contributed by atoms with Crippen molar-refractivity contribution in [1.82, 2.24) is 0 Å². The number of anilines is 1. The summed E-state index contributed by atoms with van der Waals surface area (Å²) in [7, 11) is -4.16. The fourth-order valence-electron chi connectivity index (χ4n) is 1.65. The minimum atomic E-state index is -4.16. The van der Waals surface area contributed by atoms with E-state index in [0.29, 0.717) is 0 Å². The van der Waals surface area contributed by atoms with Crippen LogP contribution in [0.5, 0.6) is 0 Å². The Kier molecular flexibility index (Phi) is 4.46. The summed E-state index contributed by atoms with van der Waals surface area (Å²) in [5.74, 6) is -1.60. The molecule has 0 bridgehead atoms. The Balaban J connectivity index is 2.44. The zero-order chi connectivity index (χ0) is 15.6. The first kappa shape index (κ1) is 15.7. The molecule has 2 aromatic rings. The van der Waals surface area contributed by atoms with Gasteiger partial charge in [-0.2, -0.15) is 0 Å². The van der Waals surface area contributed by atoms with E-state index >= 15 is 0 Å². The van der Waals surface area contributed by atoms with Crippen LogP contribution in [0.3, 0.4) is 0 Å². The molecule has 0 aliphatic carbocycles. The molecule has 0 aliphatic rings. The second kappa shape index (κ2) is 5.97. The molecule has 0 aliphatic heterocycles. The highest BCUT2D eigenvalue weighted by molar-refractivity contribution is 7.92. The van der Waals surface area contributed by atoms with E-state index in [2.05, 4.69) is 0 Å². The van der Waals surface area contributed by atoms with Crippen molar-refractivity contribution < 1.29 is 22.3 Å². The van der Waals surface area contributed by atoms with Gasteiger partial charge in [-0.05, 0) is 24.3 Å². The fourth-order valence-corrected chi connectivity index (χ4v) is 3.03. The van der Waals surface area contributed by atoms with E-state index in [4.69, 9.17) is 16.7 Å². The lowest BCUT2D eigenvalue weighted by Gasteiger charge is -2.12. The van der Waals surface area contributed by atoms with Gasteiger partial charge >= 0.3 is 0 Å². The Bertz CT molecular complexity index is 781. The number of para-hydroxylation sites is 1. The normalized spacial score (nSPS) is 11.4. The Hall–Kier alpha value is -1.70. The van der Waals surface area contributed by atoms with Gasteiger partial charge in [0.15, 0.2) is 0 Å². The van der Waals surface area contributed by atoms with Crippen LogP contribution in [0.25, 0.3) is 0 Å². The standard InChI is InChI=1S/C13H10ClF2NO3S/c14-10-6-9(4-5-11(10)15)21(19,20)17-13-8(7-18)2-1-3-12(13)16/h1-6,17-18H,7H2. The molecule has 0 saturated carbocycles. The van der Waals surface area contributed by atoms with Crippen molar-refractivity contribution in [3.05, 3.63) is 58.6 Å². The number of nitrogens with one attached hydrogen (secondary N) is 1. The molecule has 21 heavy (non-hydrogen) atoms. The van der Waals surface area contributed by atoms with Crippen molar-refractivity contribution in [2.75, 3.05) is 4.72 Å². The van der Waals surface area contributed by atoms with Gasteiger partial charge in [-0.3, -0.25) is 4.72 Å². The molecule has 0 aromatic heterocycles. The predicted molar refractivity (Wildman–Crippen MR) is 74.5 cm³/mol. The fraction of sp³-hybridized carbons (Fsp3) is 0.0769. The Labute approximate surface area is 125 Å². The molecule has 0 spiro atoms. The van der Waals surface area contributed by atoms with E-state index in [1.807, 2.05) is 4.72 Å². The summed E-state index contributed by atoms with van der Waals surface area (Å²) < 4.78 is 53.1. The summed E-state index contributed by atoms with van der Waals surface area (Å²) >= 11 is 5.53. The summed E-state index contributed by atoms with van der Waals surface area (Å²) in [5, 5.41) is 8.75. The first-order valence-corrected chi connectivity index (χ1v) is 7.57. The van der Waals surface area contributed by atoms with Gasteiger partial charge in [0.2, 0.25) is 0 Å². The number of rotatable bonds is 4. The highest BCUT2D eigenvalue weighted by Gasteiger charge is 2.19. The molecule has 0 fully saturated rings. The van der Waals surface area contributed by atoms with Crippen LogP contribution in [0.2, 0.25) is 5.02 Å². The zero-order valence-electron chi connectivity index (χ0n) is 10.5. The second-order valence-electron chi connectivity index (χ2n) is 4.11. The second-order valence-corrected chi connectivity index (χ2v) is 6.20. The molecule has 0 heterocycles. The minimum Gasteiger partial charge on any atom is -0.392 e. The largest absolute Gasteiger partial charge is 0.392 e. The number of hydrogen-bond donors (Lipinski definition) is 2. The van der Waals surface area contributed by atoms with E-state index in [9.17, 15) is 17.2 Å². The maximum Gasteiger partial charge on any atom is 0.262 e. The van der Waals surface area contributed by atoms with Crippen LogP contribution in [0.4, 0.5) is 14.5 Å². The lowest BCUT2D eigenvalue weighted by Crippen LogP contribution is -2.15. The van der Waals surface area contributed by atoms with Crippen LogP contribution in [-0.2, 0) is 16.6 Å². The Morgan fingerprint density at radius 1 is 1.14 bits per heavy atom. The molecular formula is C13H10ClF2NO3S. The third kappa shape index (κ3) is 3.31. The van der Waals surface area contributed by atoms with Crippen LogP contribution in [-0.4, -0.2) is 13.5 Å². The van der Waals surface area contributed by atoms with Crippen LogP contribution in [0.15, 0.2) is 41.3 Å². The molecule has 2 aromatic carbocycles. The molecule has 2 N–H and O–H groups in total. The number of hydrogen-bond acceptors (Lipinski definition) is 3. The SMILES string of the molecule is O=S(=O)(Nc1c(F)cccc1CO)c1ccc(F)c(Cl)c1. The van der Waals surface area contributed by atoms with Crippen molar-refractivity contribution in [3.8, 4) is 0 Å². The topological polar surface area (TPSA) is 66.4 Å². The van der Waals surface area contributed by atoms with Gasteiger partial charge in [-0.25, -0.2) is 17.2 Å². The quantitative estimate of drug-likeness (QED) is 0.904. The number of aliphatic hydroxyl groups excluding tert-OH is 1. The first-order chi connectivity index (χ1) is 9.85. The van der Waals surface area contributed by atoms with E-state index in [-0.39, 0.29) is 21.2 Å². The summed E-state index contributed by atoms with van der Waals surface area (Å²) in [4.78, 5) is -0.318. The van der Waals surface area contributed by atoms with Crippen molar-refractivity contribution in [2.45, 2.75) is 11.5 Å². The molecule has 112 valence electrons. The third-order valence-electron chi connectivity index (χ3n) is 2.71. The van der Waals surface area contributed by atoms with Crippen molar-refractivity contribution in [2.24, 2.45) is 0 Å². The average molecular weight is 334 g/mol. The van der Waals surface area contributed by atoms with E-state index < -0.39 is 28.3 Å². The van der Waals surface area contributed by atoms with Gasteiger partial charge < -0.3 is 5.11 Å². The maximum atomic E-state index is 13.7. The smallest absolute Gasteiger partial charge is 0.262 e. The molecule has 4 nitrogen and oxygen atoms in total. The molecule has 0 radical (unpaired) electrons. The highest BCUT2D eigenvalue weighted by atomic mass is 35.5. The first-order valence-electron chi connectivity index (χ1n) is 5.71. The molecular weight excluding hydrogens is 324 g/mol. The van der Waals surface area contributed by atoms with Gasteiger partial charge in [0, 0.05) is 5.56 Å². The molecule has 2 rings (SSSR count). The molecule has 0 amide bonds. The molecule has 0 atom stereocenters. The predicted octanol–water partition coefficient (Wildman–Crippen LogP) is 2.91. The number of aliphatic hydroxyl groups is 1. The summed E-state index contributed by atoms with van der Waals surface area (Å²) in [5.41, 5.74) is -0.285. The Morgan fingerprint density at radius 2 is 1.86 bits per heavy atom. The van der Waals surface area contributed by atoms with Gasteiger partial charge in [-0.15, -0.1) is 0 Å². The van der Waals surface area contributed by atoms with Gasteiger partial charge in [-0.1, -0.05) is 23.7 Å². The summed E-state index contributed by atoms with van der Waals surface area (Å²) in [6.45, 7) is -0.542. The van der Waals surface area contributed by atoms with Crippen LogP contribution in [0, 0.1) is 11.6 Å². The van der Waals surface area contributed by atoms with Crippen LogP contribution in [0.1, 0.15) is 5.56 Å². The number of benzene rings is 2. The lowest BCUT2D eigenvalue weighted by molar-refractivity contribution is 0.282. The third-order valence-corrected chi connectivity index (χ3v) is 4.35. The van der Waals surface area contributed by atoms with Crippen molar-refractivity contribution in [3.63, 3.8) is 0 Å². The number of halogens is 3. The minimum absolute atomic E-state index is 0.0757. The van der Waals surface area contributed by atoms with Crippen LogP contribution < -0.4 is 4.72 Å². The molecule has 8 heteroatoms. The van der Waals surface area contributed by atoms with Crippen molar-refractivity contribution >= 4 is 27.3 Å². The van der Waals surface area contributed by atoms with E-state index in [0.717, 1.165) is 24.3 Å². The van der Waals surface area contributed by atoms with Gasteiger partial charge in [0.1, 0.15) is 11.6 Å².